The fourth-order valence-electron chi connectivity index (χ4n) is 2.50. The molecular formula is C14H22OSi. The minimum absolute atomic E-state index is 0.524. The molecule has 2 heteroatoms. The molecule has 1 aliphatic rings. The van der Waals surface area contributed by atoms with Gasteiger partial charge in [0.15, 0.2) is 8.32 Å². The van der Waals surface area contributed by atoms with E-state index in [9.17, 15) is 0 Å². The van der Waals surface area contributed by atoms with Gasteiger partial charge in [-0.2, -0.15) is 0 Å². The highest BCUT2D eigenvalue weighted by atomic mass is 28.4. The van der Waals surface area contributed by atoms with Crippen LogP contribution in [-0.2, 0) is 10.8 Å². The summed E-state index contributed by atoms with van der Waals surface area (Å²) in [7, 11) is -1.29. The summed E-state index contributed by atoms with van der Waals surface area (Å²) in [6.45, 7) is 4.70. The number of rotatable bonds is 3. The van der Waals surface area contributed by atoms with E-state index in [-0.39, 0.29) is 0 Å². The Morgan fingerprint density at radius 1 is 1.25 bits per heavy atom. The first kappa shape index (κ1) is 11.9. The molecule has 1 aromatic carbocycles. The van der Waals surface area contributed by atoms with Gasteiger partial charge in [-0.3, -0.25) is 0 Å². The molecule has 0 aliphatic carbocycles. The highest BCUT2D eigenvalue weighted by Crippen LogP contribution is 2.27. The molecule has 2 rings (SSSR count). The van der Waals surface area contributed by atoms with Gasteiger partial charge in [0.05, 0.1) is 0 Å². The van der Waals surface area contributed by atoms with E-state index in [0.29, 0.717) is 6.10 Å². The Morgan fingerprint density at radius 2 is 2.00 bits per heavy atom. The van der Waals surface area contributed by atoms with Crippen molar-refractivity contribution in [3.05, 3.63) is 35.9 Å². The lowest BCUT2D eigenvalue weighted by atomic mass is 10.0. The van der Waals surface area contributed by atoms with Crippen LogP contribution < -0.4 is 0 Å². The van der Waals surface area contributed by atoms with Crippen LogP contribution in [0.25, 0.3) is 0 Å². The summed E-state index contributed by atoms with van der Waals surface area (Å²) in [5.74, 6) is 0. The molecule has 16 heavy (non-hydrogen) atoms. The highest BCUT2D eigenvalue weighted by molar-refractivity contribution is 6.71. The number of hydrogen-bond donors (Lipinski definition) is 0. The number of aryl methyl sites for hydroxylation is 1. The lowest BCUT2D eigenvalue weighted by molar-refractivity contribution is 0.152. The van der Waals surface area contributed by atoms with Gasteiger partial charge in [0.1, 0.15) is 0 Å². The molecule has 1 saturated heterocycles. The van der Waals surface area contributed by atoms with Crippen molar-refractivity contribution in [3.63, 3.8) is 0 Å². The lowest BCUT2D eigenvalue weighted by Crippen LogP contribution is -2.39. The van der Waals surface area contributed by atoms with Crippen molar-refractivity contribution in [3.8, 4) is 0 Å². The second-order valence-electron chi connectivity index (χ2n) is 5.42. The van der Waals surface area contributed by atoms with Crippen molar-refractivity contribution in [1.82, 2.24) is 0 Å². The van der Waals surface area contributed by atoms with Gasteiger partial charge in [-0.1, -0.05) is 36.8 Å². The Bertz CT molecular complexity index is 321. The van der Waals surface area contributed by atoms with Crippen LogP contribution in [-0.4, -0.2) is 14.4 Å². The summed E-state index contributed by atoms with van der Waals surface area (Å²) in [5.41, 5.74) is 1.44. The van der Waals surface area contributed by atoms with Crippen molar-refractivity contribution in [1.29, 1.82) is 0 Å². The summed E-state index contributed by atoms with van der Waals surface area (Å²) >= 11 is 0. The van der Waals surface area contributed by atoms with Crippen LogP contribution in [0.3, 0.4) is 0 Å². The molecular weight excluding hydrogens is 212 g/mol. The SMILES string of the molecule is C[Si]1(C)CCCC(CCc2ccccc2)O1. The second kappa shape index (κ2) is 5.15. The molecule has 1 unspecified atom stereocenters. The molecule has 1 fully saturated rings. The molecule has 1 aliphatic heterocycles. The molecule has 1 heterocycles. The van der Waals surface area contributed by atoms with Gasteiger partial charge < -0.3 is 4.43 Å². The zero-order valence-corrected chi connectivity index (χ0v) is 11.4. The monoisotopic (exact) mass is 234 g/mol. The summed E-state index contributed by atoms with van der Waals surface area (Å²) in [6.07, 6.45) is 5.52. The molecule has 0 radical (unpaired) electrons. The smallest absolute Gasteiger partial charge is 0.187 e. The van der Waals surface area contributed by atoms with Gasteiger partial charge in [-0.05, 0) is 44.0 Å². The van der Waals surface area contributed by atoms with E-state index < -0.39 is 8.32 Å². The van der Waals surface area contributed by atoms with Crippen LogP contribution in [0.1, 0.15) is 24.8 Å². The Morgan fingerprint density at radius 3 is 2.69 bits per heavy atom. The number of benzene rings is 1. The molecule has 88 valence electrons. The van der Waals surface area contributed by atoms with E-state index in [1.807, 2.05) is 0 Å². The Labute approximate surface area is 100.0 Å². The quantitative estimate of drug-likeness (QED) is 0.718. The zero-order chi connectivity index (χ0) is 11.4. The van der Waals surface area contributed by atoms with Gasteiger partial charge in [-0.25, -0.2) is 0 Å². The van der Waals surface area contributed by atoms with Gasteiger partial charge in [0, 0.05) is 6.10 Å². The highest BCUT2D eigenvalue weighted by Gasteiger charge is 2.30. The van der Waals surface area contributed by atoms with Crippen LogP contribution in [0, 0.1) is 0 Å². The topological polar surface area (TPSA) is 9.23 Å². The van der Waals surface area contributed by atoms with E-state index in [2.05, 4.69) is 43.4 Å². The predicted molar refractivity (Wildman–Crippen MR) is 71.2 cm³/mol. The molecule has 1 atom stereocenters. The first-order valence-corrected chi connectivity index (χ1v) is 9.49. The Balaban J connectivity index is 1.82. The van der Waals surface area contributed by atoms with Crippen molar-refractivity contribution in [2.75, 3.05) is 0 Å². The van der Waals surface area contributed by atoms with Crippen LogP contribution in [0.2, 0.25) is 19.1 Å². The van der Waals surface area contributed by atoms with E-state index in [0.717, 1.165) is 6.42 Å². The lowest BCUT2D eigenvalue weighted by Gasteiger charge is -2.34. The largest absolute Gasteiger partial charge is 0.414 e. The van der Waals surface area contributed by atoms with Gasteiger partial charge >= 0.3 is 0 Å². The zero-order valence-electron chi connectivity index (χ0n) is 10.4. The second-order valence-corrected chi connectivity index (χ2v) is 9.67. The first-order valence-electron chi connectivity index (χ1n) is 6.37. The van der Waals surface area contributed by atoms with E-state index >= 15 is 0 Å². The van der Waals surface area contributed by atoms with Crippen LogP contribution in [0.5, 0.6) is 0 Å². The standard InChI is InChI=1S/C14H22OSi/c1-16(2)12-6-9-14(15-16)11-10-13-7-4-3-5-8-13/h3-5,7-8,14H,6,9-12H2,1-2H3. The van der Waals surface area contributed by atoms with Crippen molar-refractivity contribution in [2.45, 2.75) is 50.9 Å². The van der Waals surface area contributed by atoms with Crippen molar-refractivity contribution < 1.29 is 4.43 Å². The summed E-state index contributed by atoms with van der Waals surface area (Å²) in [4.78, 5) is 0. The summed E-state index contributed by atoms with van der Waals surface area (Å²) < 4.78 is 6.23. The number of hydrogen-bond acceptors (Lipinski definition) is 1. The van der Waals surface area contributed by atoms with E-state index in [1.54, 1.807) is 0 Å². The molecule has 0 saturated carbocycles. The van der Waals surface area contributed by atoms with E-state index in [4.69, 9.17) is 4.43 Å². The third kappa shape index (κ3) is 3.46. The fraction of sp³-hybridized carbons (Fsp3) is 0.571. The summed E-state index contributed by atoms with van der Waals surface area (Å²) in [6, 6.07) is 12.1. The molecule has 0 amide bonds. The average Bonchev–Trinajstić information content (AvgIpc) is 2.27. The van der Waals surface area contributed by atoms with E-state index in [1.165, 1.54) is 30.9 Å². The third-order valence-corrected chi connectivity index (χ3v) is 5.92. The maximum Gasteiger partial charge on any atom is 0.187 e. The molecule has 0 aromatic heterocycles. The third-order valence-electron chi connectivity index (χ3n) is 3.39. The Hall–Kier alpha value is -0.603. The van der Waals surface area contributed by atoms with Crippen LogP contribution >= 0.6 is 0 Å². The minimum atomic E-state index is -1.29. The Kier molecular flexibility index (Phi) is 3.82. The fourth-order valence-corrected chi connectivity index (χ4v) is 4.81. The molecule has 1 aromatic rings. The average molecular weight is 234 g/mol. The van der Waals surface area contributed by atoms with Crippen LogP contribution in [0.15, 0.2) is 30.3 Å². The normalized spacial score (nSPS) is 24.2. The van der Waals surface area contributed by atoms with Gasteiger partial charge in [-0.15, -0.1) is 0 Å². The van der Waals surface area contributed by atoms with Gasteiger partial charge in [0.2, 0.25) is 0 Å². The van der Waals surface area contributed by atoms with Crippen molar-refractivity contribution >= 4 is 8.32 Å². The molecule has 1 nitrogen and oxygen atoms in total. The minimum Gasteiger partial charge on any atom is -0.414 e. The predicted octanol–water partition coefficient (Wildman–Crippen LogP) is 4.00. The maximum absolute atomic E-state index is 6.23. The van der Waals surface area contributed by atoms with Gasteiger partial charge in [0.25, 0.3) is 0 Å². The summed E-state index contributed by atoms with van der Waals surface area (Å²) in [5, 5.41) is 0. The molecule has 0 spiro atoms. The van der Waals surface area contributed by atoms with Crippen LogP contribution in [0.4, 0.5) is 0 Å². The first-order chi connectivity index (χ1) is 7.66. The van der Waals surface area contributed by atoms with Crippen molar-refractivity contribution in [2.24, 2.45) is 0 Å². The molecule has 0 N–H and O–H groups in total. The molecule has 0 bridgehead atoms. The maximum atomic E-state index is 6.23.